The van der Waals surface area contributed by atoms with Crippen LogP contribution in [0.4, 0.5) is 5.69 Å². The maximum absolute atomic E-state index is 12.5. The fourth-order valence-corrected chi connectivity index (χ4v) is 3.47. The normalized spacial score (nSPS) is 11.6. The molecule has 0 amide bonds. The third-order valence-corrected chi connectivity index (χ3v) is 4.90. The summed E-state index contributed by atoms with van der Waals surface area (Å²) in [6.07, 6.45) is 0.870. The number of non-ortho nitro benzene ring substituents is 1. The van der Waals surface area contributed by atoms with Crippen molar-refractivity contribution in [1.29, 1.82) is 0 Å². The van der Waals surface area contributed by atoms with Gasteiger partial charge in [-0.3, -0.25) is 14.9 Å². The standard InChI is InChI=1S/C21H14ClNO4/c22-19-11-16(23(25)26)7-8-21(19)27-12-20(24)15-6-5-14-9-13-3-1-2-4-17(13)18(14)10-15/h1-8,10-11H,9,12H2. The van der Waals surface area contributed by atoms with E-state index in [2.05, 4.69) is 12.1 Å². The lowest BCUT2D eigenvalue weighted by Gasteiger charge is -2.08. The summed E-state index contributed by atoms with van der Waals surface area (Å²) in [5.74, 6) is 0.0544. The van der Waals surface area contributed by atoms with E-state index < -0.39 is 4.92 Å². The smallest absolute Gasteiger partial charge is 0.271 e. The van der Waals surface area contributed by atoms with Crippen LogP contribution in [0.3, 0.4) is 0 Å². The molecule has 6 heteroatoms. The number of nitrogens with zero attached hydrogens (tertiary/aromatic N) is 1. The molecular formula is C21H14ClNO4. The molecule has 0 unspecified atom stereocenters. The largest absolute Gasteiger partial charge is 0.484 e. The Kier molecular flexibility index (Phi) is 4.38. The van der Waals surface area contributed by atoms with E-state index >= 15 is 0 Å². The summed E-state index contributed by atoms with van der Waals surface area (Å²) >= 11 is 6.00. The van der Waals surface area contributed by atoms with Crippen molar-refractivity contribution in [2.45, 2.75) is 6.42 Å². The Labute approximate surface area is 160 Å². The lowest BCUT2D eigenvalue weighted by molar-refractivity contribution is -0.384. The Morgan fingerprint density at radius 3 is 2.59 bits per heavy atom. The number of hydrogen-bond acceptors (Lipinski definition) is 4. The maximum Gasteiger partial charge on any atom is 0.271 e. The van der Waals surface area contributed by atoms with Gasteiger partial charge >= 0.3 is 0 Å². The number of ketones is 1. The number of carbonyl (C=O) groups is 1. The predicted molar refractivity (Wildman–Crippen MR) is 103 cm³/mol. The molecule has 27 heavy (non-hydrogen) atoms. The van der Waals surface area contributed by atoms with Gasteiger partial charge in [-0.15, -0.1) is 0 Å². The van der Waals surface area contributed by atoms with Crippen LogP contribution in [0, 0.1) is 10.1 Å². The molecule has 0 atom stereocenters. The summed E-state index contributed by atoms with van der Waals surface area (Å²) in [6.45, 7) is -0.196. The van der Waals surface area contributed by atoms with E-state index in [1.807, 2.05) is 24.3 Å². The van der Waals surface area contributed by atoms with Crippen LogP contribution in [0.1, 0.15) is 21.5 Å². The molecule has 0 spiro atoms. The van der Waals surface area contributed by atoms with Gasteiger partial charge in [-0.2, -0.15) is 0 Å². The Balaban J connectivity index is 1.51. The SMILES string of the molecule is O=C(COc1ccc([N+](=O)[O-])cc1Cl)c1ccc2c(c1)-c1ccccc1C2. The zero-order chi connectivity index (χ0) is 19.0. The molecule has 3 aromatic carbocycles. The molecular weight excluding hydrogens is 366 g/mol. The van der Waals surface area contributed by atoms with Gasteiger partial charge < -0.3 is 4.74 Å². The number of ether oxygens (including phenoxy) is 1. The zero-order valence-corrected chi connectivity index (χ0v) is 14.9. The van der Waals surface area contributed by atoms with E-state index in [4.69, 9.17) is 16.3 Å². The van der Waals surface area contributed by atoms with Crippen LogP contribution in [0.25, 0.3) is 11.1 Å². The second kappa shape index (κ2) is 6.85. The van der Waals surface area contributed by atoms with Gasteiger partial charge in [0.25, 0.3) is 5.69 Å². The zero-order valence-electron chi connectivity index (χ0n) is 14.1. The first-order valence-corrected chi connectivity index (χ1v) is 8.72. The van der Waals surface area contributed by atoms with Gasteiger partial charge in [-0.1, -0.05) is 48.0 Å². The number of benzene rings is 3. The molecule has 0 saturated heterocycles. The second-order valence-electron chi connectivity index (χ2n) is 6.29. The lowest BCUT2D eigenvalue weighted by atomic mass is 10.0. The van der Waals surface area contributed by atoms with Gasteiger partial charge in [0, 0.05) is 17.7 Å². The van der Waals surface area contributed by atoms with Crippen LogP contribution in [0.2, 0.25) is 5.02 Å². The molecule has 134 valence electrons. The van der Waals surface area contributed by atoms with Crippen LogP contribution in [-0.2, 0) is 6.42 Å². The Morgan fingerprint density at radius 2 is 1.81 bits per heavy atom. The van der Waals surface area contributed by atoms with Crippen LogP contribution < -0.4 is 4.74 Å². The van der Waals surface area contributed by atoms with Crippen LogP contribution in [-0.4, -0.2) is 17.3 Å². The number of halogens is 1. The molecule has 0 aliphatic heterocycles. The van der Waals surface area contributed by atoms with Crippen LogP contribution >= 0.6 is 11.6 Å². The molecule has 3 aromatic rings. The van der Waals surface area contributed by atoms with Crippen molar-refractivity contribution in [1.82, 2.24) is 0 Å². The predicted octanol–water partition coefficient (Wildman–Crippen LogP) is 5.08. The van der Waals surface area contributed by atoms with E-state index in [-0.39, 0.29) is 28.8 Å². The fraction of sp³-hybridized carbons (Fsp3) is 0.0952. The third-order valence-electron chi connectivity index (χ3n) is 4.61. The minimum Gasteiger partial charge on any atom is -0.484 e. The summed E-state index contributed by atoms with van der Waals surface area (Å²) in [7, 11) is 0. The molecule has 0 radical (unpaired) electrons. The summed E-state index contributed by atoms with van der Waals surface area (Å²) in [5.41, 5.74) is 5.11. The van der Waals surface area contributed by atoms with Gasteiger partial charge in [0.1, 0.15) is 5.75 Å². The van der Waals surface area contributed by atoms with E-state index in [0.717, 1.165) is 17.5 Å². The molecule has 5 nitrogen and oxygen atoms in total. The minimum atomic E-state index is -0.538. The molecule has 0 heterocycles. The number of rotatable bonds is 5. The van der Waals surface area contributed by atoms with Gasteiger partial charge in [0.2, 0.25) is 0 Å². The third kappa shape index (κ3) is 3.29. The van der Waals surface area contributed by atoms with Gasteiger partial charge in [-0.25, -0.2) is 0 Å². The highest BCUT2D eigenvalue weighted by atomic mass is 35.5. The van der Waals surface area contributed by atoms with Crippen LogP contribution in [0.5, 0.6) is 5.75 Å². The van der Waals surface area contributed by atoms with Gasteiger partial charge in [0.15, 0.2) is 12.4 Å². The number of hydrogen-bond donors (Lipinski definition) is 0. The first kappa shape index (κ1) is 17.2. The number of nitro benzene ring substituents is 1. The highest BCUT2D eigenvalue weighted by Gasteiger charge is 2.20. The van der Waals surface area contributed by atoms with Gasteiger partial charge in [0.05, 0.1) is 9.95 Å². The summed E-state index contributed by atoms with van der Waals surface area (Å²) in [5, 5.41) is 10.8. The maximum atomic E-state index is 12.5. The van der Waals surface area contributed by atoms with Crippen molar-refractivity contribution in [2.24, 2.45) is 0 Å². The van der Waals surface area contributed by atoms with Crippen molar-refractivity contribution in [3.63, 3.8) is 0 Å². The van der Waals surface area contributed by atoms with Gasteiger partial charge in [-0.05, 0) is 40.8 Å². The first-order valence-electron chi connectivity index (χ1n) is 8.34. The van der Waals surface area contributed by atoms with Crippen molar-refractivity contribution >= 4 is 23.1 Å². The number of carbonyl (C=O) groups excluding carboxylic acids is 1. The van der Waals surface area contributed by atoms with E-state index in [9.17, 15) is 14.9 Å². The quantitative estimate of drug-likeness (QED) is 0.275. The van der Waals surface area contributed by atoms with Crippen LogP contribution in [0.15, 0.2) is 60.7 Å². The van der Waals surface area contributed by atoms with E-state index in [1.54, 1.807) is 6.07 Å². The Morgan fingerprint density at radius 1 is 1.04 bits per heavy atom. The average molecular weight is 380 g/mol. The number of Topliss-reactive ketones (excluding diaryl/α,β-unsaturated/α-hetero) is 1. The minimum absolute atomic E-state index is 0.0971. The van der Waals surface area contributed by atoms with Crippen molar-refractivity contribution < 1.29 is 14.5 Å². The molecule has 0 N–H and O–H groups in total. The highest BCUT2D eigenvalue weighted by Crippen LogP contribution is 2.37. The average Bonchev–Trinajstić information content (AvgIpc) is 3.04. The summed E-state index contributed by atoms with van der Waals surface area (Å²) in [4.78, 5) is 22.7. The molecule has 0 bridgehead atoms. The summed E-state index contributed by atoms with van der Waals surface area (Å²) in [6, 6.07) is 17.7. The molecule has 0 fully saturated rings. The molecule has 0 saturated carbocycles. The van der Waals surface area contributed by atoms with E-state index in [1.165, 1.54) is 29.3 Å². The molecule has 1 aliphatic carbocycles. The van der Waals surface area contributed by atoms with Crippen molar-refractivity contribution in [3.05, 3.63) is 92.5 Å². The summed E-state index contributed by atoms with van der Waals surface area (Å²) < 4.78 is 5.47. The first-order chi connectivity index (χ1) is 13.0. The Bertz CT molecular complexity index is 1080. The van der Waals surface area contributed by atoms with Crippen molar-refractivity contribution in [2.75, 3.05) is 6.61 Å². The molecule has 0 aromatic heterocycles. The number of fused-ring (bicyclic) bond motifs is 3. The van der Waals surface area contributed by atoms with E-state index in [0.29, 0.717) is 5.56 Å². The lowest BCUT2D eigenvalue weighted by Crippen LogP contribution is -2.12. The van der Waals surface area contributed by atoms with Crippen molar-refractivity contribution in [3.8, 4) is 16.9 Å². The second-order valence-corrected chi connectivity index (χ2v) is 6.70. The monoisotopic (exact) mass is 379 g/mol. The Hall–Kier alpha value is -3.18. The fourth-order valence-electron chi connectivity index (χ4n) is 3.24. The highest BCUT2D eigenvalue weighted by molar-refractivity contribution is 6.32. The topological polar surface area (TPSA) is 69.4 Å². The molecule has 1 aliphatic rings. The number of nitro groups is 1. The molecule has 4 rings (SSSR count).